The number of likely N-dealkylation sites (tertiary alicyclic amines) is 1. The fraction of sp³-hybridized carbons (Fsp3) is 0.350. The summed E-state index contributed by atoms with van der Waals surface area (Å²) in [6.45, 7) is 2.25. The Balaban J connectivity index is 0.000000191. The molecular weight excluding hydrogens is 872 g/mol. The molecule has 2 aliphatic heterocycles. The average molecular weight is 915 g/mol. The number of fused-ring (bicyclic) bond motifs is 1. The van der Waals surface area contributed by atoms with Gasteiger partial charge in [-0.3, -0.25) is 9.36 Å². The zero-order valence-electron chi connectivity index (χ0n) is 30.9. The highest BCUT2D eigenvalue weighted by Gasteiger charge is 2.36. The highest BCUT2D eigenvalue weighted by Crippen LogP contribution is 2.38. The highest BCUT2D eigenvalue weighted by atomic mass is 79.9. The summed E-state index contributed by atoms with van der Waals surface area (Å²) < 4.78 is 22.8. The van der Waals surface area contributed by atoms with Gasteiger partial charge in [0.2, 0.25) is 5.91 Å². The number of hydrogen-bond donors (Lipinski definition) is 3. The Morgan fingerprint density at radius 1 is 0.750 bits per heavy atom. The number of hydrogen-bond acceptors (Lipinski definition) is 9. The molecule has 300 valence electrons. The Kier molecular flexibility index (Phi) is 15.1. The van der Waals surface area contributed by atoms with Crippen LogP contribution in [0.2, 0.25) is 20.1 Å². The van der Waals surface area contributed by atoms with Crippen LogP contribution < -0.4 is 25.3 Å². The van der Waals surface area contributed by atoms with E-state index in [1.54, 1.807) is 67.7 Å². The van der Waals surface area contributed by atoms with E-state index in [9.17, 15) is 19.8 Å². The molecule has 2 aliphatic rings. The summed E-state index contributed by atoms with van der Waals surface area (Å²) in [5.74, 6) is 0.974. The predicted molar refractivity (Wildman–Crippen MR) is 223 cm³/mol. The van der Waals surface area contributed by atoms with Gasteiger partial charge in [0.25, 0.3) is 0 Å². The maximum absolute atomic E-state index is 12.8. The van der Waals surface area contributed by atoms with Gasteiger partial charge in [0.15, 0.2) is 5.58 Å². The van der Waals surface area contributed by atoms with Crippen molar-refractivity contribution in [2.75, 3.05) is 47.5 Å². The minimum absolute atomic E-state index is 0.138. The lowest BCUT2D eigenvalue weighted by Gasteiger charge is -2.38. The van der Waals surface area contributed by atoms with Crippen molar-refractivity contribution in [1.29, 1.82) is 0 Å². The molecule has 1 aromatic heterocycles. The molecule has 2 fully saturated rings. The molecule has 0 atom stereocenters. The molecular formula is C40H42BrCl4N3O8. The minimum atomic E-state index is -1.08. The smallest absolute Gasteiger partial charge is 0.420 e. The maximum atomic E-state index is 12.8. The number of piperidine rings is 2. The molecule has 0 unspecified atom stereocenters. The van der Waals surface area contributed by atoms with E-state index in [0.29, 0.717) is 79.9 Å². The largest absolute Gasteiger partial charge is 0.495 e. The fourth-order valence-corrected chi connectivity index (χ4v) is 7.59. The van der Waals surface area contributed by atoms with Crippen LogP contribution in [-0.2, 0) is 22.5 Å². The summed E-state index contributed by atoms with van der Waals surface area (Å²) in [4.78, 5) is 26.6. The quantitative estimate of drug-likeness (QED) is 0.147. The van der Waals surface area contributed by atoms with E-state index < -0.39 is 17.0 Å². The number of carbonyl (C=O) groups excluding carboxylic acids is 1. The van der Waals surface area contributed by atoms with Crippen LogP contribution in [0.1, 0.15) is 36.8 Å². The van der Waals surface area contributed by atoms with Crippen molar-refractivity contribution in [3.63, 3.8) is 0 Å². The van der Waals surface area contributed by atoms with Gasteiger partial charge in [-0.05, 0) is 104 Å². The summed E-state index contributed by atoms with van der Waals surface area (Å²) in [6, 6.07) is 21.0. The van der Waals surface area contributed by atoms with Gasteiger partial charge in [-0.15, -0.1) is 0 Å². The van der Waals surface area contributed by atoms with Crippen LogP contribution in [0.15, 0.2) is 86.5 Å². The first kappa shape index (κ1) is 43.7. The summed E-state index contributed by atoms with van der Waals surface area (Å²) >= 11 is 27.0. The molecule has 3 N–H and O–H groups in total. The van der Waals surface area contributed by atoms with E-state index >= 15 is 0 Å². The van der Waals surface area contributed by atoms with E-state index in [0.717, 1.165) is 36.0 Å². The minimum Gasteiger partial charge on any atom is -0.495 e. The third-order valence-electron chi connectivity index (χ3n) is 9.79. The molecule has 2 saturated heterocycles. The third kappa shape index (κ3) is 10.5. The Labute approximate surface area is 353 Å². The number of amides is 1. The van der Waals surface area contributed by atoms with Gasteiger partial charge in [0.05, 0.1) is 53.1 Å². The Morgan fingerprint density at radius 3 is 1.77 bits per heavy atom. The van der Waals surface area contributed by atoms with Crippen LogP contribution in [0.3, 0.4) is 0 Å². The lowest BCUT2D eigenvalue weighted by molar-refractivity contribution is -0.136. The van der Waals surface area contributed by atoms with Crippen molar-refractivity contribution in [3.05, 3.63) is 119 Å². The lowest BCUT2D eigenvalue weighted by Crippen LogP contribution is -2.46. The van der Waals surface area contributed by atoms with Gasteiger partial charge < -0.3 is 39.1 Å². The van der Waals surface area contributed by atoms with E-state index in [1.165, 1.54) is 11.7 Å². The van der Waals surface area contributed by atoms with Crippen molar-refractivity contribution >= 4 is 79.3 Å². The second-order valence-corrected chi connectivity index (χ2v) is 15.8. The number of aliphatic hydroxyl groups is 2. The van der Waals surface area contributed by atoms with Gasteiger partial charge in [0.1, 0.15) is 23.8 Å². The molecule has 16 heteroatoms. The Bertz CT molecular complexity index is 2200. The second kappa shape index (κ2) is 19.3. The summed E-state index contributed by atoms with van der Waals surface area (Å²) in [5, 5.41) is 27.0. The summed E-state index contributed by atoms with van der Waals surface area (Å²) in [5.41, 5.74) is 0.609. The van der Waals surface area contributed by atoms with E-state index in [2.05, 4.69) is 21.2 Å². The maximum Gasteiger partial charge on any atom is 0.420 e. The van der Waals surface area contributed by atoms with Crippen LogP contribution >= 0.6 is 62.3 Å². The number of nitrogens with one attached hydrogen (secondary N) is 1. The first-order chi connectivity index (χ1) is 26.7. The zero-order valence-corrected chi connectivity index (χ0v) is 35.5. The second-order valence-electron chi connectivity index (χ2n) is 13.2. The van der Waals surface area contributed by atoms with Crippen molar-refractivity contribution in [2.45, 2.75) is 43.4 Å². The molecule has 56 heavy (non-hydrogen) atoms. The molecule has 0 aliphatic carbocycles. The van der Waals surface area contributed by atoms with Gasteiger partial charge in [-0.25, -0.2) is 4.79 Å². The fourth-order valence-electron chi connectivity index (χ4n) is 6.50. The first-order valence-electron chi connectivity index (χ1n) is 17.6. The van der Waals surface area contributed by atoms with Gasteiger partial charge in [0, 0.05) is 28.7 Å². The number of aromatic nitrogens is 1. The van der Waals surface area contributed by atoms with Crippen LogP contribution in [0.5, 0.6) is 17.2 Å². The number of benzene rings is 4. The molecule has 5 aromatic rings. The van der Waals surface area contributed by atoms with Gasteiger partial charge in [-0.1, -0.05) is 74.5 Å². The molecule has 0 bridgehead atoms. The standard InChI is InChI=1S/C21H20Cl2N2O5.C12H16ClNO2.C7H6BrClO/c1-29-17-10-13(2-4-15(17)23)21(28)6-8-24(9-7-21)19(26)12-25-16-5-3-14(22)11-18(16)30-20(25)27;1-16-11-8-9(2-3-10(11)13)12(15)4-6-14-7-5-12;1-10-7-4-5(8)2-3-6(7)9/h2-5,10-11,28H,6-9,12H2,1H3;2-3,8,14-15H,4-7H2,1H3;2-4H,1H3. The SMILES string of the molecule is COc1cc(Br)ccc1Cl.COc1cc(C2(O)CCN(C(=O)Cn3c(=O)oc4cc(Cl)ccc43)CC2)ccc1Cl.COc1cc(C2(O)CCNCC2)ccc1Cl. The molecule has 0 radical (unpaired) electrons. The van der Waals surface area contributed by atoms with Gasteiger partial charge >= 0.3 is 5.76 Å². The molecule has 3 heterocycles. The van der Waals surface area contributed by atoms with Crippen LogP contribution in [-0.4, -0.2) is 73.1 Å². The predicted octanol–water partition coefficient (Wildman–Crippen LogP) is 8.45. The molecule has 7 rings (SSSR count). The van der Waals surface area contributed by atoms with Crippen LogP contribution in [0.4, 0.5) is 0 Å². The van der Waals surface area contributed by atoms with E-state index in [-0.39, 0.29) is 12.5 Å². The summed E-state index contributed by atoms with van der Waals surface area (Å²) in [6.07, 6.45) is 2.16. The van der Waals surface area contributed by atoms with Crippen molar-refractivity contribution < 1.29 is 33.6 Å². The van der Waals surface area contributed by atoms with Gasteiger partial charge in [-0.2, -0.15) is 0 Å². The number of halogens is 5. The lowest BCUT2D eigenvalue weighted by atomic mass is 9.84. The monoisotopic (exact) mass is 911 g/mol. The summed E-state index contributed by atoms with van der Waals surface area (Å²) in [7, 11) is 4.69. The van der Waals surface area contributed by atoms with Crippen LogP contribution in [0, 0.1) is 0 Å². The molecule has 0 spiro atoms. The van der Waals surface area contributed by atoms with Crippen molar-refractivity contribution in [1.82, 2.24) is 14.8 Å². The number of rotatable bonds is 7. The number of methoxy groups -OCH3 is 3. The number of carbonyl (C=O) groups is 1. The topological polar surface area (TPSA) is 136 Å². The Morgan fingerprint density at radius 2 is 1.25 bits per heavy atom. The number of ether oxygens (including phenoxy) is 3. The third-order valence-corrected chi connectivity index (χ3v) is 11.5. The van der Waals surface area contributed by atoms with E-state index in [1.807, 2.05) is 24.3 Å². The van der Waals surface area contributed by atoms with Crippen molar-refractivity contribution in [3.8, 4) is 17.2 Å². The first-order valence-corrected chi connectivity index (χ1v) is 19.9. The zero-order chi connectivity index (χ0) is 40.6. The molecule has 1 amide bonds. The van der Waals surface area contributed by atoms with E-state index in [4.69, 9.17) is 65.0 Å². The normalized spacial score (nSPS) is 15.9. The number of nitrogens with zero attached hydrogens (tertiary/aromatic N) is 2. The average Bonchev–Trinajstić information content (AvgIpc) is 3.49. The number of oxazole rings is 1. The molecule has 11 nitrogen and oxygen atoms in total. The Hall–Kier alpha value is -3.46. The molecule has 0 saturated carbocycles. The molecule has 4 aromatic carbocycles. The van der Waals surface area contributed by atoms with Crippen molar-refractivity contribution in [2.24, 2.45) is 0 Å². The van der Waals surface area contributed by atoms with Crippen LogP contribution in [0.25, 0.3) is 11.1 Å². The highest BCUT2D eigenvalue weighted by molar-refractivity contribution is 9.10.